The Bertz CT molecular complexity index is 1080. The third-order valence-electron chi connectivity index (χ3n) is 4.92. The molecule has 3 aromatic carbocycles. The molecule has 4 N–H and O–H groups in total. The average Bonchev–Trinajstić information content (AvgIpc) is 2.81. The van der Waals surface area contributed by atoms with E-state index in [1.165, 1.54) is 0 Å². The first-order valence-corrected chi connectivity index (χ1v) is 10.1. The second-order valence-electron chi connectivity index (χ2n) is 7.18. The SMILES string of the molecule is O=C(N[C@@H](CO)C(=O)N[C@H](Cc1cccc2ccccc12)C(=O)O)OCc1ccccc1. The van der Waals surface area contributed by atoms with Crippen molar-refractivity contribution in [3.8, 4) is 0 Å². The van der Waals surface area contributed by atoms with Gasteiger partial charge in [0.25, 0.3) is 0 Å². The zero-order chi connectivity index (χ0) is 22.9. The van der Waals surface area contributed by atoms with Crippen molar-refractivity contribution < 1.29 is 29.3 Å². The summed E-state index contributed by atoms with van der Waals surface area (Å²) in [5.41, 5.74) is 1.51. The van der Waals surface area contributed by atoms with Crippen LogP contribution in [0.1, 0.15) is 11.1 Å². The van der Waals surface area contributed by atoms with E-state index in [1.807, 2.05) is 42.5 Å². The molecule has 32 heavy (non-hydrogen) atoms. The number of rotatable bonds is 9. The van der Waals surface area contributed by atoms with Crippen molar-refractivity contribution >= 4 is 28.7 Å². The molecular formula is C24H24N2O6. The van der Waals surface area contributed by atoms with Crippen LogP contribution in [0.4, 0.5) is 4.79 Å². The zero-order valence-electron chi connectivity index (χ0n) is 17.2. The maximum Gasteiger partial charge on any atom is 0.408 e. The summed E-state index contributed by atoms with van der Waals surface area (Å²) in [5.74, 6) is -2.05. The van der Waals surface area contributed by atoms with E-state index in [-0.39, 0.29) is 13.0 Å². The first kappa shape index (κ1) is 22.8. The number of aliphatic hydroxyl groups excluding tert-OH is 1. The molecule has 0 saturated heterocycles. The van der Waals surface area contributed by atoms with Crippen LogP contribution >= 0.6 is 0 Å². The topological polar surface area (TPSA) is 125 Å². The van der Waals surface area contributed by atoms with Crippen LogP contribution in [0.5, 0.6) is 0 Å². The van der Waals surface area contributed by atoms with E-state index in [2.05, 4.69) is 10.6 Å². The van der Waals surface area contributed by atoms with Crippen LogP contribution in [-0.4, -0.2) is 46.9 Å². The van der Waals surface area contributed by atoms with Gasteiger partial charge in [-0.3, -0.25) is 4.79 Å². The van der Waals surface area contributed by atoms with Gasteiger partial charge in [0, 0.05) is 6.42 Å². The number of carboxylic acids is 1. The van der Waals surface area contributed by atoms with E-state index in [0.717, 1.165) is 21.9 Å². The first-order chi connectivity index (χ1) is 15.5. The fourth-order valence-corrected chi connectivity index (χ4v) is 3.26. The number of carbonyl (C=O) groups is 3. The Kier molecular flexibility index (Phi) is 7.77. The number of benzene rings is 3. The van der Waals surface area contributed by atoms with Gasteiger partial charge in [0.15, 0.2) is 0 Å². The molecule has 0 saturated carbocycles. The van der Waals surface area contributed by atoms with Crippen molar-refractivity contribution in [3.05, 3.63) is 83.9 Å². The standard InChI is InChI=1S/C24H24N2O6/c27-14-21(26-24(31)32-15-16-7-2-1-3-8-16)22(28)25-20(23(29)30)13-18-11-6-10-17-9-4-5-12-19(17)18/h1-12,20-21,27H,13-15H2,(H,25,28)(H,26,31)(H,29,30)/t20-,21+/m1/s1. The van der Waals surface area contributed by atoms with Crippen molar-refractivity contribution in [2.45, 2.75) is 25.1 Å². The molecule has 0 aliphatic carbocycles. The van der Waals surface area contributed by atoms with Crippen LogP contribution < -0.4 is 10.6 Å². The Morgan fingerprint density at radius 3 is 2.25 bits per heavy atom. The number of hydrogen-bond acceptors (Lipinski definition) is 5. The molecule has 0 fully saturated rings. The monoisotopic (exact) mass is 436 g/mol. The van der Waals surface area contributed by atoms with Gasteiger partial charge in [-0.15, -0.1) is 0 Å². The van der Waals surface area contributed by atoms with Crippen molar-refractivity contribution in [3.63, 3.8) is 0 Å². The minimum Gasteiger partial charge on any atom is -0.480 e. The molecule has 0 bridgehead atoms. The van der Waals surface area contributed by atoms with Gasteiger partial charge in [0.2, 0.25) is 5.91 Å². The third-order valence-corrected chi connectivity index (χ3v) is 4.92. The summed E-state index contributed by atoms with van der Waals surface area (Å²) in [6, 6.07) is 19.4. The molecule has 166 valence electrons. The van der Waals surface area contributed by atoms with Gasteiger partial charge >= 0.3 is 12.1 Å². The van der Waals surface area contributed by atoms with Crippen LogP contribution in [0.15, 0.2) is 72.8 Å². The second-order valence-corrected chi connectivity index (χ2v) is 7.18. The number of alkyl carbamates (subject to hydrolysis) is 1. The van der Waals surface area contributed by atoms with Crippen LogP contribution in [0.2, 0.25) is 0 Å². The Morgan fingerprint density at radius 1 is 0.844 bits per heavy atom. The quantitative estimate of drug-likeness (QED) is 0.408. The number of aliphatic carboxylic acids is 1. The van der Waals surface area contributed by atoms with Crippen molar-refractivity contribution in [2.24, 2.45) is 0 Å². The zero-order valence-corrected chi connectivity index (χ0v) is 17.2. The van der Waals surface area contributed by atoms with E-state index < -0.39 is 36.7 Å². The predicted octanol–water partition coefficient (Wildman–Crippen LogP) is 2.24. The van der Waals surface area contributed by atoms with Gasteiger partial charge in [-0.2, -0.15) is 0 Å². The highest BCUT2D eigenvalue weighted by Crippen LogP contribution is 2.20. The average molecular weight is 436 g/mol. The number of fused-ring (bicyclic) bond motifs is 1. The molecular weight excluding hydrogens is 412 g/mol. The molecule has 0 aliphatic heterocycles. The lowest BCUT2D eigenvalue weighted by Gasteiger charge is -2.20. The van der Waals surface area contributed by atoms with E-state index in [1.54, 1.807) is 30.3 Å². The highest BCUT2D eigenvalue weighted by molar-refractivity contribution is 5.90. The summed E-state index contributed by atoms with van der Waals surface area (Å²) in [6.45, 7) is -0.724. The predicted molar refractivity (Wildman–Crippen MR) is 118 cm³/mol. The van der Waals surface area contributed by atoms with Crippen molar-refractivity contribution in [2.75, 3.05) is 6.61 Å². The summed E-state index contributed by atoms with van der Waals surface area (Å²) in [6.07, 6.45) is -0.858. The number of amides is 2. The summed E-state index contributed by atoms with van der Waals surface area (Å²) >= 11 is 0. The fraction of sp³-hybridized carbons (Fsp3) is 0.208. The molecule has 0 unspecified atom stereocenters. The van der Waals surface area contributed by atoms with Crippen molar-refractivity contribution in [1.29, 1.82) is 0 Å². The van der Waals surface area contributed by atoms with E-state index >= 15 is 0 Å². The van der Waals surface area contributed by atoms with Crippen LogP contribution in [0.3, 0.4) is 0 Å². The molecule has 3 rings (SSSR count). The van der Waals surface area contributed by atoms with Gasteiger partial charge in [-0.1, -0.05) is 72.8 Å². The molecule has 0 aliphatic rings. The number of aliphatic hydroxyl groups is 1. The first-order valence-electron chi connectivity index (χ1n) is 10.1. The molecule has 0 radical (unpaired) electrons. The van der Waals surface area contributed by atoms with Gasteiger partial charge in [-0.25, -0.2) is 9.59 Å². The molecule has 2 atom stereocenters. The number of nitrogens with one attached hydrogen (secondary N) is 2. The van der Waals surface area contributed by atoms with Crippen molar-refractivity contribution in [1.82, 2.24) is 10.6 Å². The lowest BCUT2D eigenvalue weighted by Crippen LogP contribution is -2.53. The smallest absolute Gasteiger partial charge is 0.408 e. The lowest BCUT2D eigenvalue weighted by molar-refractivity contribution is -0.142. The summed E-state index contributed by atoms with van der Waals surface area (Å²) in [5, 5.41) is 25.6. The molecule has 0 spiro atoms. The largest absolute Gasteiger partial charge is 0.480 e. The number of carbonyl (C=O) groups excluding carboxylic acids is 2. The van der Waals surface area contributed by atoms with E-state index in [4.69, 9.17) is 4.74 Å². The Labute approximate surface area is 184 Å². The highest BCUT2D eigenvalue weighted by Gasteiger charge is 2.27. The van der Waals surface area contributed by atoms with E-state index in [0.29, 0.717) is 0 Å². The van der Waals surface area contributed by atoms with Gasteiger partial charge in [0.05, 0.1) is 6.61 Å². The normalized spacial score (nSPS) is 12.5. The summed E-state index contributed by atoms with van der Waals surface area (Å²) in [7, 11) is 0. The lowest BCUT2D eigenvalue weighted by atomic mass is 9.98. The Morgan fingerprint density at radius 2 is 1.53 bits per heavy atom. The highest BCUT2D eigenvalue weighted by atomic mass is 16.5. The molecule has 8 nitrogen and oxygen atoms in total. The number of carboxylic acid groups (broad SMARTS) is 1. The van der Waals surface area contributed by atoms with Gasteiger partial charge in [-0.05, 0) is 21.9 Å². The molecule has 2 amide bonds. The third kappa shape index (κ3) is 6.05. The molecule has 0 heterocycles. The van der Waals surface area contributed by atoms with Gasteiger partial charge in [0.1, 0.15) is 18.7 Å². The number of hydrogen-bond donors (Lipinski definition) is 4. The van der Waals surface area contributed by atoms with Crippen LogP contribution in [-0.2, 0) is 27.4 Å². The Hall–Kier alpha value is -3.91. The van der Waals surface area contributed by atoms with Crippen LogP contribution in [0.25, 0.3) is 10.8 Å². The maximum absolute atomic E-state index is 12.5. The number of ether oxygens (including phenoxy) is 1. The molecule has 3 aromatic rings. The van der Waals surface area contributed by atoms with Gasteiger partial charge < -0.3 is 25.6 Å². The van der Waals surface area contributed by atoms with Crippen LogP contribution in [0, 0.1) is 0 Å². The maximum atomic E-state index is 12.5. The summed E-state index contributed by atoms with van der Waals surface area (Å²) < 4.78 is 5.05. The fourth-order valence-electron chi connectivity index (χ4n) is 3.26. The second kappa shape index (κ2) is 10.9. The minimum absolute atomic E-state index is 0.00866. The minimum atomic E-state index is -1.35. The molecule has 0 aromatic heterocycles. The summed E-state index contributed by atoms with van der Waals surface area (Å²) in [4.78, 5) is 36.3. The molecule has 8 heteroatoms. The van der Waals surface area contributed by atoms with E-state index in [9.17, 15) is 24.6 Å². The Balaban J connectivity index is 1.62.